The van der Waals surface area contributed by atoms with E-state index >= 15 is 0 Å². The first-order valence-electron chi connectivity index (χ1n) is 2.19. The Labute approximate surface area is 85.8 Å². The van der Waals surface area contributed by atoms with Crippen molar-refractivity contribution in [3.05, 3.63) is 31.7 Å². The molecule has 0 bridgehead atoms. The molecule has 1 radical (unpaired) electrons. The first kappa shape index (κ1) is 12.6. The number of phenols is 2. The Kier molecular flexibility index (Phi) is 7.16. The van der Waals surface area contributed by atoms with E-state index in [4.69, 9.17) is 10.2 Å². The molecule has 0 atom stereocenters. The fourth-order valence-corrected chi connectivity index (χ4v) is 0.413. The molecule has 0 aliphatic heterocycles. The van der Waals surface area contributed by atoms with Crippen molar-refractivity contribution in [1.29, 1.82) is 0 Å². The fourth-order valence-electron chi connectivity index (χ4n) is 0.413. The zero-order valence-corrected chi connectivity index (χ0v) is 8.54. The summed E-state index contributed by atoms with van der Waals surface area (Å²) in [5.74, 6) is -0.240. The van der Waals surface area contributed by atoms with Crippen molar-refractivity contribution in [3.8, 4) is 11.5 Å². The topological polar surface area (TPSA) is 40.5 Å². The molecule has 0 aromatic heterocycles. The fraction of sp³-hybridized carbons (Fsp3) is 0. The van der Waals surface area contributed by atoms with Crippen molar-refractivity contribution in [3.63, 3.8) is 0 Å². The molecule has 1 aromatic rings. The Balaban J connectivity index is 0. The van der Waals surface area contributed by atoms with Crippen LogP contribution in [0.15, 0.2) is 18.2 Å². The summed E-state index contributed by atoms with van der Waals surface area (Å²) in [6, 6.07) is 6.79. The summed E-state index contributed by atoms with van der Waals surface area (Å²) < 4.78 is 0. The molecule has 0 unspecified atom stereocenters. The van der Waals surface area contributed by atoms with E-state index in [1.165, 1.54) is 18.2 Å². The molecule has 0 aliphatic rings. The molecule has 2 nitrogen and oxygen atoms in total. The molecule has 2 N–H and O–H groups in total. The maximum Gasteiger partial charge on any atom is 0.0485 e. The van der Waals surface area contributed by atoms with E-state index in [-0.39, 0.29) is 51.6 Å². The van der Waals surface area contributed by atoms with Gasteiger partial charge in [-0.25, -0.2) is 0 Å². The summed E-state index contributed by atoms with van der Waals surface area (Å²) in [5, 5.41) is 17.3. The third kappa shape index (κ3) is 3.18. The van der Waals surface area contributed by atoms with Gasteiger partial charge in [0.1, 0.15) is 0 Å². The first-order chi connectivity index (χ1) is 3.80. The van der Waals surface area contributed by atoms with E-state index in [1.54, 1.807) is 0 Å². The standard InChI is InChI=1S/C6H5O2.CH3.Y/c7-5-3-1-2-4-6(5)8;;/h1,3-4,7-8H;1H3;/q2*-1;. The van der Waals surface area contributed by atoms with Gasteiger partial charge in [-0.3, -0.25) is 0 Å². The zero-order valence-electron chi connectivity index (χ0n) is 5.70. The van der Waals surface area contributed by atoms with E-state index in [1.807, 2.05) is 0 Å². The van der Waals surface area contributed by atoms with Crippen LogP contribution in [0.2, 0.25) is 0 Å². The van der Waals surface area contributed by atoms with Crippen LogP contribution in [-0.2, 0) is 32.7 Å². The molecule has 0 aliphatic carbocycles. The summed E-state index contributed by atoms with van der Waals surface area (Å²) >= 11 is 0. The molecule has 0 heterocycles. The van der Waals surface area contributed by atoms with Crippen molar-refractivity contribution >= 4 is 0 Å². The van der Waals surface area contributed by atoms with Gasteiger partial charge in [0.25, 0.3) is 0 Å². The van der Waals surface area contributed by atoms with E-state index in [0.29, 0.717) is 0 Å². The second-order valence-corrected chi connectivity index (χ2v) is 1.41. The van der Waals surface area contributed by atoms with Gasteiger partial charge in [-0.15, -0.1) is 12.1 Å². The van der Waals surface area contributed by atoms with Crippen molar-refractivity contribution in [2.45, 2.75) is 0 Å². The van der Waals surface area contributed by atoms with Gasteiger partial charge in [-0.2, -0.15) is 12.1 Å². The molecule has 53 valence electrons. The molecule has 0 saturated heterocycles. The Morgan fingerprint density at radius 3 is 2.10 bits per heavy atom. The second kappa shape index (κ2) is 5.69. The number of benzene rings is 1. The Hall–Kier alpha value is -0.0761. The van der Waals surface area contributed by atoms with Crippen LogP contribution in [0, 0.1) is 13.5 Å². The predicted octanol–water partition coefficient (Wildman–Crippen LogP) is 1.35. The molecule has 0 saturated carbocycles. The maximum atomic E-state index is 8.65. The van der Waals surface area contributed by atoms with Crippen LogP contribution in [0.3, 0.4) is 0 Å². The predicted molar refractivity (Wildman–Crippen MR) is 35.0 cm³/mol. The van der Waals surface area contributed by atoms with Crippen LogP contribution in [0.1, 0.15) is 0 Å². The summed E-state index contributed by atoms with van der Waals surface area (Å²) in [6.07, 6.45) is 0. The average Bonchev–Trinajstić information content (AvgIpc) is 1.77. The molecular weight excluding hydrogens is 205 g/mol. The van der Waals surface area contributed by atoms with Gasteiger partial charge >= 0.3 is 0 Å². The summed E-state index contributed by atoms with van der Waals surface area (Å²) in [5.41, 5.74) is 0. The second-order valence-electron chi connectivity index (χ2n) is 1.41. The van der Waals surface area contributed by atoms with Gasteiger partial charge in [0.2, 0.25) is 0 Å². The van der Waals surface area contributed by atoms with E-state index in [0.717, 1.165) is 0 Å². The summed E-state index contributed by atoms with van der Waals surface area (Å²) in [7, 11) is 0. The van der Waals surface area contributed by atoms with E-state index < -0.39 is 0 Å². The third-order valence-electron chi connectivity index (χ3n) is 0.820. The minimum absolute atomic E-state index is 0. The van der Waals surface area contributed by atoms with Crippen LogP contribution in [0.4, 0.5) is 0 Å². The van der Waals surface area contributed by atoms with Gasteiger partial charge in [0.15, 0.2) is 0 Å². The monoisotopic (exact) mass is 213 g/mol. The van der Waals surface area contributed by atoms with Gasteiger partial charge < -0.3 is 17.6 Å². The molecule has 0 fully saturated rings. The SMILES string of the molecule is Oc1c[c-]ccc1O.[CH3-].[Y]. The Morgan fingerprint density at radius 2 is 1.80 bits per heavy atom. The number of phenolic OH excluding ortho intramolecular Hbond substituents is 2. The van der Waals surface area contributed by atoms with Crippen LogP contribution >= 0.6 is 0 Å². The molecule has 1 rings (SSSR count). The first-order valence-corrected chi connectivity index (χ1v) is 2.19. The summed E-state index contributed by atoms with van der Waals surface area (Å²) in [4.78, 5) is 0. The molecular formula is C7H8O2Y-2. The summed E-state index contributed by atoms with van der Waals surface area (Å²) in [6.45, 7) is 0. The Bertz CT molecular complexity index is 168. The van der Waals surface area contributed by atoms with Crippen molar-refractivity contribution in [2.24, 2.45) is 0 Å². The smallest absolute Gasteiger partial charge is 0.0485 e. The number of rotatable bonds is 0. The molecule has 0 amide bonds. The van der Waals surface area contributed by atoms with E-state index in [2.05, 4.69) is 6.07 Å². The molecule has 1 aromatic carbocycles. The number of hydrogen-bond donors (Lipinski definition) is 2. The molecule has 10 heavy (non-hydrogen) atoms. The zero-order chi connectivity index (χ0) is 5.98. The van der Waals surface area contributed by atoms with Gasteiger partial charge in [-0.05, 0) is 0 Å². The van der Waals surface area contributed by atoms with Gasteiger partial charge in [0, 0.05) is 44.2 Å². The minimum atomic E-state index is -0.132. The molecule has 0 spiro atoms. The van der Waals surface area contributed by atoms with Crippen molar-refractivity contribution in [1.82, 2.24) is 0 Å². The largest absolute Gasteiger partial charge is 0.562 e. The van der Waals surface area contributed by atoms with Crippen molar-refractivity contribution in [2.75, 3.05) is 0 Å². The number of hydrogen-bond acceptors (Lipinski definition) is 2. The van der Waals surface area contributed by atoms with Gasteiger partial charge in [-0.1, -0.05) is 0 Å². The average molecular weight is 213 g/mol. The van der Waals surface area contributed by atoms with Crippen LogP contribution in [0.5, 0.6) is 11.5 Å². The Morgan fingerprint density at radius 1 is 1.20 bits per heavy atom. The third-order valence-corrected chi connectivity index (χ3v) is 0.820. The molecule has 3 heteroatoms. The maximum absolute atomic E-state index is 8.65. The van der Waals surface area contributed by atoms with Crippen LogP contribution < -0.4 is 0 Å². The minimum Gasteiger partial charge on any atom is -0.562 e. The quantitative estimate of drug-likeness (QED) is 0.504. The van der Waals surface area contributed by atoms with Crippen LogP contribution in [0.25, 0.3) is 0 Å². The van der Waals surface area contributed by atoms with Crippen molar-refractivity contribution < 1.29 is 42.9 Å². The number of aromatic hydroxyl groups is 2. The van der Waals surface area contributed by atoms with Crippen LogP contribution in [-0.4, -0.2) is 10.2 Å². The normalized spacial score (nSPS) is 7.20. The van der Waals surface area contributed by atoms with E-state index in [9.17, 15) is 0 Å². The van der Waals surface area contributed by atoms with Gasteiger partial charge in [0.05, 0.1) is 0 Å².